The number of carbonyl (C=O) groups excluding carboxylic acids is 3. The normalized spacial score (nSPS) is 12.7. The molecule has 1 aromatic heterocycles. The third kappa shape index (κ3) is 5.63. The van der Waals surface area contributed by atoms with Crippen molar-refractivity contribution >= 4 is 29.2 Å². The summed E-state index contributed by atoms with van der Waals surface area (Å²) in [6.07, 6.45) is 0.681. The molecule has 0 spiro atoms. The van der Waals surface area contributed by atoms with Crippen molar-refractivity contribution < 1.29 is 23.9 Å². The van der Waals surface area contributed by atoms with Gasteiger partial charge in [0.1, 0.15) is 11.0 Å². The molecule has 0 saturated carbocycles. The molecule has 8 heteroatoms. The van der Waals surface area contributed by atoms with Gasteiger partial charge in [-0.1, -0.05) is 50.1 Å². The Labute approximate surface area is 168 Å². The molecule has 0 bridgehead atoms. The number of esters is 2. The molecule has 1 heterocycles. The summed E-state index contributed by atoms with van der Waals surface area (Å²) in [6, 6.07) is 7.01. The summed E-state index contributed by atoms with van der Waals surface area (Å²) in [5.41, 5.74) is 2.18. The number of ether oxygens (including phenoxy) is 2. The predicted molar refractivity (Wildman–Crippen MR) is 106 cm³/mol. The number of methoxy groups -OCH3 is 1. The van der Waals surface area contributed by atoms with E-state index in [1.54, 1.807) is 5.38 Å². The maximum absolute atomic E-state index is 12.2. The van der Waals surface area contributed by atoms with Gasteiger partial charge in [0.15, 0.2) is 12.3 Å². The van der Waals surface area contributed by atoms with Crippen molar-refractivity contribution in [2.24, 2.45) is 5.92 Å². The van der Waals surface area contributed by atoms with Gasteiger partial charge in [-0.25, -0.2) is 14.6 Å². The second-order valence-corrected chi connectivity index (χ2v) is 7.29. The van der Waals surface area contributed by atoms with Gasteiger partial charge in [-0.05, 0) is 12.8 Å². The highest BCUT2D eigenvalue weighted by Gasteiger charge is 2.27. The van der Waals surface area contributed by atoms with Crippen LogP contribution in [0.1, 0.15) is 36.3 Å². The molecule has 0 aliphatic rings. The first kappa shape index (κ1) is 21.6. The lowest BCUT2D eigenvalue weighted by atomic mass is 9.99. The van der Waals surface area contributed by atoms with Crippen molar-refractivity contribution in [3.05, 3.63) is 40.9 Å². The minimum Gasteiger partial charge on any atom is -0.467 e. The molecular formula is C20H24N2O5S. The molecule has 0 aliphatic heterocycles. The zero-order valence-electron chi connectivity index (χ0n) is 16.4. The van der Waals surface area contributed by atoms with Crippen LogP contribution in [0, 0.1) is 12.8 Å². The minimum atomic E-state index is -0.784. The topological polar surface area (TPSA) is 94.6 Å². The molecule has 2 rings (SSSR count). The molecule has 7 nitrogen and oxygen atoms in total. The number of hydrogen-bond acceptors (Lipinski definition) is 7. The van der Waals surface area contributed by atoms with Gasteiger partial charge in [-0.3, -0.25) is 4.79 Å². The number of carbonyl (C=O) groups is 3. The molecule has 0 fully saturated rings. The third-order valence-corrected chi connectivity index (χ3v) is 5.22. The van der Waals surface area contributed by atoms with Crippen LogP contribution in [0.5, 0.6) is 0 Å². The predicted octanol–water partition coefficient (Wildman–Crippen LogP) is 2.98. The van der Waals surface area contributed by atoms with Gasteiger partial charge >= 0.3 is 11.9 Å². The van der Waals surface area contributed by atoms with E-state index in [1.807, 2.05) is 45.0 Å². The van der Waals surface area contributed by atoms with Gasteiger partial charge in [0.2, 0.25) is 0 Å². The van der Waals surface area contributed by atoms with Crippen molar-refractivity contribution in [2.45, 2.75) is 33.2 Å². The Morgan fingerprint density at radius 1 is 1.21 bits per heavy atom. The van der Waals surface area contributed by atoms with E-state index < -0.39 is 30.5 Å². The fourth-order valence-electron chi connectivity index (χ4n) is 2.41. The molecule has 2 atom stereocenters. The van der Waals surface area contributed by atoms with E-state index in [2.05, 4.69) is 10.3 Å². The summed E-state index contributed by atoms with van der Waals surface area (Å²) in [4.78, 5) is 40.3. The van der Waals surface area contributed by atoms with Crippen molar-refractivity contribution in [3.63, 3.8) is 0 Å². The quantitative estimate of drug-likeness (QED) is 0.680. The highest BCUT2D eigenvalue weighted by atomic mass is 32.1. The fraction of sp³-hybridized carbons (Fsp3) is 0.400. The van der Waals surface area contributed by atoms with Crippen LogP contribution in [0.25, 0.3) is 10.6 Å². The van der Waals surface area contributed by atoms with Crippen LogP contribution in [0.15, 0.2) is 29.6 Å². The first-order valence-electron chi connectivity index (χ1n) is 8.92. The summed E-state index contributed by atoms with van der Waals surface area (Å²) in [5.74, 6) is -1.90. The second kappa shape index (κ2) is 9.98. The Kier molecular flexibility index (Phi) is 7.69. The van der Waals surface area contributed by atoms with Crippen LogP contribution in [0.4, 0.5) is 0 Å². The molecule has 150 valence electrons. The van der Waals surface area contributed by atoms with Crippen LogP contribution in [0.2, 0.25) is 0 Å². The Morgan fingerprint density at radius 3 is 2.50 bits per heavy atom. The zero-order chi connectivity index (χ0) is 20.7. The zero-order valence-corrected chi connectivity index (χ0v) is 17.2. The van der Waals surface area contributed by atoms with E-state index in [0.717, 1.165) is 11.1 Å². The van der Waals surface area contributed by atoms with Crippen LogP contribution < -0.4 is 5.32 Å². The number of rotatable bonds is 8. The molecule has 1 aromatic carbocycles. The summed E-state index contributed by atoms with van der Waals surface area (Å²) < 4.78 is 9.74. The largest absolute Gasteiger partial charge is 0.467 e. The number of thiazole rings is 1. The average molecular weight is 404 g/mol. The number of nitrogens with zero attached hydrogens (tertiary/aromatic N) is 1. The van der Waals surface area contributed by atoms with Crippen LogP contribution >= 0.6 is 11.3 Å². The number of hydrogen-bond donors (Lipinski definition) is 1. The standard InChI is InChI=1S/C20H24N2O5S/c1-5-13(3)17(20(25)26-4)22-16(23)10-27-19(24)15-11-28-18(21-15)14-8-6-12(2)7-9-14/h6-9,11,13,17H,5,10H2,1-4H3,(H,22,23)/t13-,17-/m0/s1. The fourth-order valence-corrected chi connectivity index (χ4v) is 3.21. The molecule has 1 amide bonds. The minimum absolute atomic E-state index is 0.109. The maximum Gasteiger partial charge on any atom is 0.358 e. The van der Waals surface area contributed by atoms with E-state index in [0.29, 0.717) is 11.4 Å². The summed E-state index contributed by atoms with van der Waals surface area (Å²) in [5, 5.41) is 4.84. The first-order valence-corrected chi connectivity index (χ1v) is 9.80. The monoisotopic (exact) mass is 404 g/mol. The highest BCUT2D eigenvalue weighted by molar-refractivity contribution is 7.13. The van der Waals surface area contributed by atoms with Crippen LogP contribution in [-0.4, -0.2) is 42.6 Å². The van der Waals surface area contributed by atoms with Crippen LogP contribution in [-0.2, 0) is 19.1 Å². The molecule has 0 unspecified atom stereocenters. The van der Waals surface area contributed by atoms with Crippen molar-refractivity contribution in [1.82, 2.24) is 10.3 Å². The van der Waals surface area contributed by atoms with Gasteiger partial charge in [0.25, 0.3) is 5.91 Å². The van der Waals surface area contributed by atoms with E-state index in [-0.39, 0.29) is 11.6 Å². The smallest absolute Gasteiger partial charge is 0.358 e. The van der Waals surface area contributed by atoms with Crippen molar-refractivity contribution in [1.29, 1.82) is 0 Å². The van der Waals surface area contributed by atoms with Crippen LogP contribution in [0.3, 0.4) is 0 Å². The van der Waals surface area contributed by atoms with Gasteiger partial charge in [-0.15, -0.1) is 11.3 Å². The number of nitrogens with one attached hydrogen (secondary N) is 1. The maximum atomic E-state index is 12.2. The van der Waals surface area contributed by atoms with E-state index in [1.165, 1.54) is 18.4 Å². The lowest BCUT2D eigenvalue weighted by molar-refractivity contribution is -0.147. The molecule has 1 N–H and O–H groups in total. The molecule has 0 saturated heterocycles. The average Bonchev–Trinajstić information content (AvgIpc) is 3.19. The highest BCUT2D eigenvalue weighted by Crippen LogP contribution is 2.24. The van der Waals surface area contributed by atoms with E-state index >= 15 is 0 Å². The Hall–Kier alpha value is -2.74. The molecule has 0 aliphatic carbocycles. The van der Waals surface area contributed by atoms with Gasteiger partial charge < -0.3 is 14.8 Å². The lowest BCUT2D eigenvalue weighted by Gasteiger charge is -2.21. The molecular weight excluding hydrogens is 380 g/mol. The molecule has 2 aromatic rings. The molecule has 0 radical (unpaired) electrons. The third-order valence-electron chi connectivity index (χ3n) is 4.33. The van der Waals surface area contributed by atoms with Crippen molar-refractivity contribution in [2.75, 3.05) is 13.7 Å². The second-order valence-electron chi connectivity index (χ2n) is 6.43. The Bertz CT molecular complexity index is 831. The first-order chi connectivity index (χ1) is 13.3. The summed E-state index contributed by atoms with van der Waals surface area (Å²) in [6.45, 7) is 5.22. The van der Waals surface area contributed by atoms with E-state index in [9.17, 15) is 14.4 Å². The number of benzene rings is 1. The Balaban J connectivity index is 1.93. The lowest BCUT2D eigenvalue weighted by Crippen LogP contribution is -2.47. The van der Waals surface area contributed by atoms with E-state index in [4.69, 9.17) is 9.47 Å². The Morgan fingerprint density at radius 2 is 1.89 bits per heavy atom. The van der Waals surface area contributed by atoms with Gasteiger partial charge in [0.05, 0.1) is 7.11 Å². The van der Waals surface area contributed by atoms with Gasteiger partial charge in [0, 0.05) is 10.9 Å². The summed E-state index contributed by atoms with van der Waals surface area (Å²) >= 11 is 1.32. The van der Waals surface area contributed by atoms with Crippen molar-refractivity contribution in [3.8, 4) is 10.6 Å². The molecule has 28 heavy (non-hydrogen) atoms. The number of aromatic nitrogens is 1. The number of amides is 1. The number of aryl methyl sites for hydroxylation is 1. The van der Waals surface area contributed by atoms with Gasteiger partial charge in [-0.2, -0.15) is 0 Å². The summed E-state index contributed by atoms with van der Waals surface area (Å²) in [7, 11) is 1.26. The SMILES string of the molecule is CC[C@H](C)[C@H](NC(=O)COC(=O)c1csc(-c2ccc(C)cc2)n1)C(=O)OC.